The summed E-state index contributed by atoms with van der Waals surface area (Å²) in [5.74, 6) is -0.668. The molecule has 6 heteroatoms. The third kappa shape index (κ3) is 2.27. The van der Waals surface area contributed by atoms with Crippen molar-refractivity contribution < 1.29 is 9.18 Å². The summed E-state index contributed by atoms with van der Waals surface area (Å²) in [5.41, 5.74) is 5.27. The van der Waals surface area contributed by atoms with Crippen molar-refractivity contribution in [1.82, 2.24) is 0 Å². The highest BCUT2D eigenvalue weighted by molar-refractivity contribution is 9.10. The molecule has 1 aliphatic rings. The van der Waals surface area contributed by atoms with Gasteiger partial charge >= 0.3 is 0 Å². The molecule has 1 aliphatic carbocycles. The molecule has 0 bridgehead atoms. The Hall–Kier alpha value is -1.01. The van der Waals surface area contributed by atoms with Crippen LogP contribution in [0.1, 0.15) is 19.3 Å². The Balaban J connectivity index is 2.21. The molecule has 0 atom stereocenters. The maximum atomic E-state index is 13.1. The second-order valence-corrected chi connectivity index (χ2v) is 5.67. The summed E-state index contributed by atoms with van der Waals surface area (Å²) in [6.07, 6.45) is 2.23. The maximum absolute atomic E-state index is 13.1. The highest BCUT2D eigenvalue weighted by Gasteiger charge is 2.47. The molecule has 0 saturated heterocycles. The molecule has 2 rings (SSSR count). The van der Waals surface area contributed by atoms with Crippen molar-refractivity contribution in [3.05, 3.63) is 28.5 Å². The Kier molecular flexibility index (Phi) is 3.68. The second kappa shape index (κ2) is 4.93. The van der Waals surface area contributed by atoms with Crippen molar-refractivity contribution in [2.75, 3.05) is 5.32 Å². The first kappa shape index (κ1) is 13.4. The van der Waals surface area contributed by atoms with Crippen LogP contribution in [0.25, 0.3) is 0 Å². The lowest BCUT2D eigenvalue weighted by Gasteiger charge is -2.39. The molecule has 1 saturated carbocycles. The largest absolute Gasteiger partial charge is 0.392 e. The van der Waals surface area contributed by atoms with E-state index in [1.165, 1.54) is 12.1 Å². The highest BCUT2D eigenvalue weighted by atomic mass is 79.9. The number of anilines is 1. The zero-order valence-electron chi connectivity index (χ0n) is 9.50. The van der Waals surface area contributed by atoms with Gasteiger partial charge in [-0.2, -0.15) is 0 Å². The van der Waals surface area contributed by atoms with Crippen molar-refractivity contribution in [2.45, 2.75) is 19.3 Å². The van der Waals surface area contributed by atoms with Gasteiger partial charge in [-0.15, -0.1) is 0 Å². The van der Waals surface area contributed by atoms with E-state index in [1.807, 2.05) is 0 Å². The van der Waals surface area contributed by atoms with Crippen molar-refractivity contribution in [1.29, 1.82) is 0 Å². The van der Waals surface area contributed by atoms with Crippen LogP contribution in [0.5, 0.6) is 0 Å². The van der Waals surface area contributed by atoms with Crippen molar-refractivity contribution in [2.24, 2.45) is 11.1 Å². The summed E-state index contributed by atoms with van der Waals surface area (Å²) in [4.78, 5) is 12.4. The number of nitrogens with two attached hydrogens (primary N) is 1. The molecule has 0 aliphatic heterocycles. The van der Waals surface area contributed by atoms with E-state index in [-0.39, 0.29) is 10.9 Å². The monoisotopic (exact) mass is 330 g/mol. The van der Waals surface area contributed by atoms with Crippen molar-refractivity contribution >= 4 is 44.7 Å². The van der Waals surface area contributed by atoms with Crippen LogP contribution in [0, 0.1) is 11.2 Å². The standard InChI is InChI=1S/C12H12BrFN2OS/c13-8-3-2-7(14)6-9(8)16-11(17)12(10(15)18)4-1-5-12/h2-3,6H,1,4-5H2,(H2,15,18)(H,16,17). The summed E-state index contributed by atoms with van der Waals surface area (Å²) in [7, 11) is 0. The molecular weight excluding hydrogens is 319 g/mol. The van der Waals surface area contributed by atoms with Gasteiger partial charge in [-0.1, -0.05) is 18.6 Å². The first-order chi connectivity index (χ1) is 8.45. The topological polar surface area (TPSA) is 55.1 Å². The number of carbonyl (C=O) groups is 1. The van der Waals surface area contributed by atoms with Crippen LogP contribution < -0.4 is 11.1 Å². The number of thiocarbonyl (C=S) groups is 1. The molecule has 1 aromatic carbocycles. The molecule has 18 heavy (non-hydrogen) atoms. The summed E-state index contributed by atoms with van der Waals surface area (Å²) >= 11 is 8.22. The molecule has 3 nitrogen and oxygen atoms in total. The second-order valence-electron chi connectivity index (χ2n) is 4.38. The normalized spacial score (nSPS) is 16.8. The summed E-state index contributed by atoms with van der Waals surface area (Å²) in [6, 6.07) is 4.11. The van der Waals surface area contributed by atoms with E-state index >= 15 is 0 Å². The fourth-order valence-corrected chi connectivity index (χ4v) is 2.59. The van der Waals surface area contributed by atoms with Gasteiger partial charge in [-0.3, -0.25) is 4.79 Å². The fraction of sp³-hybridized carbons (Fsp3) is 0.333. The number of benzene rings is 1. The smallest absolute Gasteiger partial charge is 0.237 e. The van der Waals surface area contributed by atoms with Crippen molar-refractivity contribution in [3.63, 3.8) is 0 Å². The first-order valence-electron chi connectivity index (χ1n) is 5.52. The van der Waals surface area contributed by atoms with Crippen LogP contribution in [0.2, 0.25) is 0 Å². The summed E-state index contributed by atoms with van der Waals surface area (Å²) in [6.45, 7) is 0. The minimum atomic E-state index is -0.763. The van der Waals surface area contributed by atoms with E-state index in [1.54, 1.807) is 6.07 Å². The molecule has 0 radical (unpaired) electrons. The van der Waals surface area contributed by atoms with Crippen molar-refractivity contribution in [3.8, 4) is 0 Å². The van der Waals surface area contributed by atoms with Crippen LogP contribution in [0.3, 0.4) is 0 Å². The molecule has 0 aromatic heterocycles. The predicted octanol–water partition coefficient (Wildman–Crippen LogP) is 2.98. The number of rotatable bonds is 3. The molecule has 96 valence electrons. The fourth-order valence-electron chi connectivity index (χ4n) is 1.95. The van der Waals surface area contributed by atoms with Gasteiger partial charge in [0.1, 0.15) is 5.82 Å². The Morgan fingerprint density at radius 1 is 1.50 bits per heavy atom. The molecule has 3 N–H and O–H groups in total. The Morgan fingerprint density at radius 3 is 2.67 bits per heavy atom. The van der Waals surface area contributed by atoms with E-state index in [4.69, 9.17) is 18.0 Å². The van der Waals surface area contributed by atoms with Crippen LogP contribution in [0.15, 0.2) is 22.7 Å². The lowest BCUT2D eigenvalue weighted by molar-refractivity contribution is -0.125. The van der Waals surface area contributed by atoms with Gasteiger partial charge < -0.3 is 11.1 Å². The summed E-state index contributed by atoms with van der Waals surface area (Å²) in [5, 5.41) is 2.68. The molecule has 0 unspecified atom stereocenters. The first-order valence-corrected chi connectivity index (χ1v) is 6.72. The Morgan fingerprint density at radius 2 is 2.17 bits per heavy atom. The highest BCUT2D eigenvalue weighted by Crippen LogP contribution is 2.42. The van der Waals surface area contributed by atoms with Crippen LogP contribution >= 0.6 is 28.1 Å². The maximum Gasteiger partial charge on any atom is 0.237 e. The van der Waals surface area contributed by atoms with E-state index < -0.39 is 11.2 Å². The lowest BCUT2D eigenvalue weighted by Crippen LogP contribution is -2.50. The van der Waals surface area contributed by atoms with Crippen LogP contribution in [-0.4, -0.2) is 10.9 Å². The minimum absolute atomic E-state index is 0.207. The van der Waals surface area contributed by atoms with Crippen LogP contribution in [0.4, 0.5) is 10.1 Å². The third-order valence-corrected chi connectivity index (χ3v) is 4.37. The third-order valence-electron chi connectivity index (χ3n) is 3.29. The van der Waals surface area contributed by atoms with Gasteiger partial charge in [0.05, 0.1) is 16.1 Å². The van der Waals surface area contributed by atoms with Crippen LogP contribution in [-0.2, 0) is 4.79 Å². The van der Waals surface area contributed by atoms with E-state index in [9.17, 15) is 9.18 Å². The average molecular weight is 331 g/mol. The van der Waals surface area contributed by atoms with E-state index in [2.05, 4.69) is 21.2 Å². The number of hydrogen-bond acceptors (Lipinski definition) is 2. The zero-order chi connectivity index (χ0) is 13.3. The summed E-state index contributed by atoms with van der Waals surface area (Å²) < 4.78 is 13.7. The SMILES string of the molecule is NC(=S)C1(C(=O)Nc2cc(F)ccc2Br)CCC1. The number of carbonyl (C=O) groups excluding carboxylic acids is 1. The van der Waals surface area contributed by atoms with Gasteiger partial charge in [0.15, 0.2) is 0 Å². The molecular formula is C12H12BrFN2OS. The Bertz CT molecular complexity index is 517. The average Bonchev–Trinajstić information content (AvgIpc) is 2.21. The quantitative estimate of drug-likeness (QED) is 0.838. The number of amides is 1. The predicted molar refractivity (Wildman–Crippen MR) is 75.8 cm³/mol. The molecule has 1 fully saturated rings. The Labute approximate surface area is 118 Å². The van der Waals surface area contributed by atoms with Gasteiger partial charge in [-0.25, -0.2) is 4.39 Å². The van der Waals surface area contributed by atoms with Gasteiger partial charge in [0.2, 0.25) is 5.91 Å². The van der Waals surface area contributed by atoms with Gasteiger partial charge in [0, 0.05) is 4.47 Å². The van der Waals surface area contributed by atoms with E-state index in [0.717, 1.165) is 6.42 Å². The zero-order valence-corrected chi connectivity index (χ0v) is 11.9. The van der Waals surface area contributed by atoms with E-state index in [0.29, 0.717) is 23.0 Å². The van der Waals surface area contributed by atoms with Gasteiger partial charge in [0.25, 0.3) is 0 Å². The van der Waals surface area contributed by atoms with Gasteiger partial charge in [-0.05, 0) is 47.0 Å². The molecule has 0 heterocycles. The number of nitrogens with one attached hydrogen (secondary N) is 1. The minimum Gasteiger partial charge on any atom is -0.392 e. The molecule has 1 aromatic rings. The number of halogens is 2. The lowest BCUT2D eigenvalue weighted by atomic mass is 9.68. The number of hydrogen-bond donors (Lipinski definition) is 2. The molecule has 1 amide bonds. The molecule has 0 spiro atoms.